The Bertz CT molecular complexity index is 508. The number of methoxy groups -OCH3 is 2. The van der Waals surface area contributed by atoms with Gasteiger partial charge in [-0.25, -0.2) is 0 Å². The number of carbonyl (C=O) groups excluding carboxylic acids is 2. The van der Waals surface area contributed by atoms with Crippen molar-refractivity contribution in [3.8, 4) is 17.6 Å². The normalized spacial score (nSPS) is 9.32. The average Bonchev–Trinajstić information content (AvgIpc) is 2.44. The number of amides is 2. The van der Waals surface area contributed by atoms with Crippen molar-refractivity contribution in [3.63, 3.8) is 0 Å². The molecule has 0 saturated carbocycles. The molecule has 0 spiro atoms. The van der Waals surface area contributed by atoms with Gasteiger partial charge in [0.1, 0.15) is 6.42 Å². The minimum Gasteiger partial charge on any atom is -0.493 e. The number of ether oxygens (including phenoxy) is 2. The summed E-state index contributed by atoms with van der Waals surface area (Å²) in [7, 11) is 3.02. The van der Waals surface area contributed by atoms with Crippen molar-refractivity contribution in [1.29, 1.82) is 5.26 Å². The van der Waals surface area contributed by atoms with Crippen molar-refractivity contribution in [3.05, 3.63) is 23.8 Å². The monoisotopic (exact) mass is 262 g/mol. The van der Waals surface area contributed by atoms with E-state index in [1.807, 2.05) is 0 Å². The van der Waals surface area contributed by atoms with E-state index in [0.717, 1.165) is 4.90 Å². The lowest BCUT2D eigenvalue weighted by atomic mass is 10.2. The second-order valence-corrected chi connectivity index (χ2v) is 3.65. The molecule has 6 heteroatoms. The predicted octanol–water partition coefficient (Wildman–Crippen LogP) is 1.10. The quantitative estimate of drug-likeness (QED) is 0.717. The first kappa shape index (κ1) is 14.5. The third-order valence-electron chi connectivity index (χ3n) is 2.48. The van der Waals surface area contributed by atoms with Crippen LogP contribution in [0, 0.1) is 11.3 Å². The van der Waals surface area contributed by atoms with E-state index >= 15 is 0 Å². The van der Waals surface area contributed by atoms with Gasteiger partial charge < -0.3 is 9.47 Å². The molecule has 0 saturated heterocycles. The summed E-state index contributed by atoms with van der Waals surface area (Å²) in [4.78, 5) is 23.3. The first-order valence-electron chi connectivity index (χ1n) is 5.48. The fourth-order valence-corrected chi connectivity index (χ4v) is 1.53. The minimum absolute atomic E-state index is 0.0877. The smallest absolute Gasteiger partial charge is 0.243 e. The zero-order chi connectivity index (χ0) is 14.3. The summed E-state index contributed by atoms with van der Waals surface area (Å²) in [6.07, 6.45) is 0.0857. The van der Waals surface area contributed by atoms with Crippen molar-refractivity contribution in [2.45, 2.75) is 13.0 Å². The van der Waals surface area contributed by atoms with Gasteiger partial charge in [0.15, 0.2) is 11.5 Å². The van der Waals surface area contributed by atoms with Gasteiger partial charge in [-0.1, -0.05) is 6.07 Å². The van der Waals surface area contributed by atoms with Crippen molar-refractivity contribution < 1.29 is 19.1 Å². The Morgan fingerprint density at radius 2 is 2.05 bits per heavy atom. The van der Waals surface area contributed by atoms with Crippen LogP contribution in [0.1, 0.15) is 12.0 Å². The van der Waals surface area contributed by atoms with E-state index in [1.54, 1.807) is 24.3 Å². The molecule has 0 bridgehead atoms. The molecule has 0 N–H and O–H groups in total. The predicted molar refractivity (Wildman–Crippen MR) is 66.4 cm³/mol. The van der Waals surface area contributed by atoms with Crippen LogP contribution in [0.15, 0.2) is 18.2 Å². The molecule has 0 heterocycles. The summed E-state index contributed by atoms with van der Waals surface area (Å²) in [5.41, 5.74) is 0.705. The summed E-state index contributed by atoms with van der Waals surface area (Å²) < 4.78 is 10.2. The summed E-state index contributed by atoms with van der Waals surface area (Å²) in [5.74, 6) is 0.540. The molecule has 0 aliphatic heterocycles. The van der Waals surface area contributed by atoms with Crippen molar-refractivity contribution in [2.24, 2.45) is 0 Å². The number of nitrogens with zero attached hydrogens (tertiary/aromatic N) is 2. The highest BCUT2D eigenvalue weighted by molar-refractivity contribution is 5.87. The second-order valence-electron chi connectivity index (χ2n) is 3.65. The molecule has 0 aliphatic carbocycles. The third-order valence-corrected chi connectivity index (χ3v) is 2.48. The van der Waals surface area contributed by atoms with Gasteiger partial charge >= 0.3 is 0 Å². The molecule has 0 aromatic heterocycles. The zero-order valence-electron chi connectivity index (χ0n) is 10.8. The van der Waals surface area contributed by atoms with E-state index in [1.165, 1.54) is 14.2 Å². The van der Waals surface area contributed by atoms with Gasteiger partial charge in [0.25, 0.3) is 0 Å². The first-order valence-corrected chi connectivity index (χ1v) is 5.48. The van der Waals surface area contributed by atoms with Crippen LogP contribution in [0.3, 0.4) is 0 Å². The maximum atomic E-state index is 11.5. The molecule has 0 atom stereocenters. The highest BCUT2D eigenvalue weighted by Gasteiger charge is 2.14. The number of benzene rings is 1. The molecule has 1 aromatic rings. The molecule has 0 aliphatic rings. The van der Waals surface area contributed by atoms with Gasteiger partial charge in [-0.05, 0) is 17.7 Å². The summed E-state index contributed by atoms with van der Waals surface area (Å²) in [6, 6.07) is 6.80. The molecule has 100 valence electrons. The Balaban J connectivity index is 2.89. The lowest BCUT2D eigenvalue weighted by molar-refractivity contribution is -0.138. The van der Waals surface area contributed by atoms with E-state index < -0.39 is 5.91 Å². The molecule has 6 nitrogen and oxygen atoms in total. The van der Waals surface area contributed by atoms with Crippen LogP contribution in [0.4, 0.5) is 0 Å². The van der Waals surface area contributed by atoms with E-state index in [9.17, 15) is 9.59 Å². The molecule has 19 heavy (non-hydrogen) atoms. The molecule has 0 unspecified atom stereocenters. The summed E-state index contributed by atoms with van der Waals surface area (Å²) >= 11 is 0. The Morgan fingerprint density at radius 3 is 2.58 bits per heavy atom. The fourth-order valence-electron chi connectivity index (χ4n) is 1.53. The van der Waals surface area contributed by atoms with Crippen molar-refractivity contribution in [1.82, 2.24) is 4.90 Å². The number of rotatable bonds is 6. The van der Waals surface area contributed by atoms with Gasteiger partial charge in [-0.15, -0.1) is 0 Å². The Kier molecular flexibility index (Phi) is 5.35. The standard InChI is InChI=1S/C13H14N2O4/c1-18-11-4-3-10(7-12(11)19-2)8-15(9-16)13(17)5-6-14/h3-4,7,9H,5,8H2,1-2H3. The Labute approximate surface area is 111 Å². The molecular formula is C13H14N2O4. The van der Waals surface area contributed by atoms with Crippen LogP contribution in [-0.2, 0) is 16.1 Å². The number of imide groups is 1. The number of hydrogen-bond acceptors (Lipinski definition) is 5. The van der Waals surface area contributed by atoms with Gasteiger partial charge in [-0.2, -0.15) is 5.26 Å². The van der Waals surface area contributed by atoms with Crippen LogP contribution in [0.25, 0.3) is 0 Å². The lowest BCUT2D eigenvalue weighted by Gasteiger charge is -2.15. The summed E-state index contributed by atoms with van der Waals surface area (Å²) in [6.45, 7) is 0.0877. The van der Waals surface area contributed by atoms with Gasteiger partial charge in [0.05, 0.1) is 26.8 Å². The maximum Gasteiger partial charge on any atom is 0.243 e. The van der Waals surface area contributed by atoms with Gasteiger partial charge in [0, 0.05) is 0 Å². The highest BCUT2D eigenvalue weighted by atomic mass is 16.5. The molecule has 1 rings (SSSR count). The minimum atomic E-state index is -0.535. The van der Waals surface area contributed by atoms with Gasteiger partial charge in [-0.3, -0.25) is 14.5 Å². The first-order chi connectivity index (χ1) is 9.15. The van der Waals surface area contributed by atoms with E-state index in [0.29, 0.717) is 23.5 Å². The van der Waals surface area contributed by atoms with Crippen LogP contribution in [0.5, 0.6) is 11.5 Å². The Hall–Kier alpha value is -2.55. The number of nitriles is 1. The maximum absolute atomic E-state index is 11.5. The van der Waals surface area contributed by atoms with E-state index in [4.69, 9.17) is 14.7 Å². The highest BCUT2D eigenvalue weighted by Crippen LogP contribution is 2.27. The fraction of sp³-hybridized carbons (Fsp3) is 0.308. The van der Waals surface area contributed by atoms with Crippen LogP contribution >= 0.6 is 0 Å². The van der Waals surface area contributed by atoms with E-state index in [2.05, 4.69) is 0 Å². The zero-order valence-corrected chi connectivity index (χ0v) is 10.8. The molecule has 2 amide bonds. The molecule has 0 fully saturated rings. The lowest BCUT2D eigenvalue weighted by Crippen LogP contribution is -2.28. The molecule has 1 aromatic carbocycles. The van der Waals surface area contributed by atoms with E-state index in [-0.39, 0.29) is 13.0 Å². The van der Waals surface area contributed by atoms with Gasteiger partial charge in [0.2, 0.25) is 12.3 Å². The topological polar surface area (TPSA) is 79.6 Å². The number of hydrogen-bond donors (Lipinski definition) is 0. The van der Waals surface area contributed by atoms with Crippen LogP contribution in [0.2, 0.25) is 0 Å². The molecular weight excluding hydrogens is 248 g/mol. The van der Waals surface area contributed by atoms with Crippen molar-refractivity contribution in [2.75, 3.05) is 14.2 Å². The number of carbonyl (C=O) groups is 2. The van der Waals surface area contributed by atoms with Crippen LogP contribution < -0.4 is 9.47 Å². The molecule has 0 radical (unpaired) electrons. The Morgan fingerprint density at radius 1 is 1.37 bits per heavy atom. The SMILES string of the molecule is COc1ccc(CN(C=O)C(=O)CC#N)cc1OC. The summed E-state index contributed by atoms with van der Waals surface area (Å²) in [5, 5.41) is 8.45. The largest absolute Gasteiger partial charge is 0.493 e. The van der Waals surface area contributed by atoms with Crippen LogP contribution in [-0.4, -0.2) is 31.4 Å². The van der Waals surface area contributed by atoms with Crippen molar-refractivity contribution >= 4 is 12.3 Å². The second kappa shape index (κ2) is 7.01. The average molecular weight is 262 g/mol. The third kappa shape index (κ3) is 3.71.